The van der Waals surface area contributed by atoms with E-state index in [0.29, 0.717) is 24.7 Å². The molecule has 0 spiro atoms. The van der Waals surface area contributed by atoms with Gasteiger partial charge in [0.25, 0.3) is 5.91 Å². The fraction of sp³-hybridized carbons (Fsp3) is 0.417. The van der Waals surface area contributed by atoms with Crippen LogP contribution in [0.5, 0.6) is 0 Å². The van der Waals surface area contributed by atoms with Gasteiger partial charge in [0, 0.05) is 37.3 Å². The zero-order valence-electron chi connectivity index (χ0n) is 17.5. The summed E-state index contributed by atoms with van der Waals surface area (Å²) in [6.07, 6.45) is 5.74. The number of pyridine rings is 1. The van der Waals surface area contributed by atoms with Gasteiger partial charge in [0.1, 0.15) is 5.69 Å². The monoisotopic (exact) mass is 393 g/mol. The molecular formula is C24H31N3O2. The first-order chi connectivity index (χ1) is 14.0. The Hall–Kier alpha value is -2.50. The van der Waals surface area contributed by atoms with Gasteiger partial charge in [-0.05, 0) is 36.1 Å². The summed E-state index contributed by atoms with van der Waals surface area (Å²) in [6, 6.07) is 14.0. The molecule has 29 heavy (non-hydrogen) atoms. The largest absolute Gasteiger partial charge is 0.395 e. The average molecular weight is 394 g/mol. The van der Waals surface area contributed by atoms with Gasteiger partial charge >= 0.3 is 0 Å². The van der Waals surface area contributed by atoms with Crippen LogP contribution in [0.2, 0.25) is 0 Å². The molecule has 154 valence electrons. The molecule has 3 rings (SSSR count). The quantitative estimate of drug-likeness (QED) is 0.722. The lowest BCUT2D eigenvalue weighted by atomic mass is 9.77. The van der Waals surface area contributed by atoms with Crippen molar-refractivity contribution in [2.45, 2.75) is 38.8 Å². The molecule has 0 saturated carbocycles. The van der Waals surface area contributed by atoms with Crippen molar-refractivity contribution in [2.75, 3.05) is 19.7 Å². The van der Waals surface area contributed by atoms with Crippen molar-refractivity contribution in [2.24, 2.45) is 5.92 Å². The third kappa shape index (κ3) is 5.11. The highest BCUT2D eigenvalue weighted by Crippen LogP contribution is 2.33. The molecule has 5 heteroatoms. The Kier molecular flexibility index (Phi) is 7.18. The predicted molar refractivity (Wildman–Crippen MR) is 117 cm³/mol. The van der Waals surface area contributed by atoms with E-state index in [9.17, 15) is 9.90 Å². The first-order valence-corrected chi connectivity index (χ1v) is 10.3. The van der Waals surface area contributed by atoms with Gasteiger partial charge in [-0.2, -0.15) is 0 Å². The van der Waals surface area contributed by atoms with E-state index in [1.165, 1.54) is 5.56 Å². The molecule has 0 bridgehead atoms. The molecule has 1 saturated heterocycles. The number of allylic oxidation sites excluding steroid dienone is 1. The smallest absolute Gasteiger partial charge is 0.272 e. The summed E-state index contributed by atoms with van der Waals surface area (Å²) >= 11 is 0. The van der Waals surface area contributed by atoms with Gasteiger partial charge in [-0.25, -0.2) is 0 Å². The summed E-state index contributed by atoms with van der Waals surface area (Å²) < 4.78 is 0. The Morgan fingerprint density at radius 2 is 1.97 bits per heavy atom. The maximum Gasteiger partial charge on any atom is 0.272 e. The van der Waals surface area contributed by atoms with Crippen LogP contribution in [0.25, 0.3) is 6.08 Å². The second-order valence-corrected chi connectivity index (χ2v) is 8.07. The van der Waals surface area contributed by atoms with Gasteiger partial charge in [-0.3, -0.25) is 9.78 Å². The number of hydrogen-bond acceptors (Lipinski definition) is 4. The van der Waals surface area contributed by atoms with Crippen molar-refractivity contribution in [3.05, 3.63) is 71.6 Å². The third-order valence-corrected chi connectivity index (χ3v) is 5.35. The van der Waals surface area contributed by atoms with Crippen molar-refractivity contribution in [1.82, 2.24) is 15.2 Å². The Bertz CT molecular complexity index is 818. The first-order valence-electron chi connectivity index (χ1n) is 10.3. The minimum Gasteiger partial charge on any atom is -0.395 e. The Morgan fingerprint density at radius 1 is 1.21 bits per heavy atom. The van der Waals surface area contributed by atoms with E-state index in [4.69, 9.17) is 0 Å². The molecule has 5 nitrogen and oxygen atoms in total. The molecule has 0 unspecified atom stereocenters. The van der Waals surface area contributed by atoms with E-state index >= 15 is 0 Å². The number of nitrogens with zero attached hydrogens (tertiary/aromatic N) is 2. The molecule has 1 aliphatic rings. The number of aliphatic hydroxyl groups excluding tert-OH is 1. The number of amides is 1. The number of benzene rings is 1. The summed E-state index contributed by atoms with van der Waals surface area (Å²) in [5.41, 5.74) is 2.82. The summed E-state index contributed by atoms with van der Waals surface area (Å²) in [7, 11) is 0. The molecular weight excluding hydrogens is 362 g/mol. The maximum atomic E-state index is 13.0. The Balaban J connectivity index is 1.78. The highest BCUT2D eigenvalue weighted by atomic mass is 16.3. The molecule has 0 radical (unpaired) electrons. The topological polar surface area (TPSA) is 65.5 Å². The molecule has 1 aromatic heterocycles. The second-order valence-electron chi connectivity index (χ2n) is 8.07. The van der Waals surface area contributed by atoms with E-state index < -0.39 is 0 Å². The maximum absolute atomic E-state index is 13.0. The minimum absolute atomic E-state index is 0.0124. The number of carbonyl (C=O) groups excluding carboxylic acids is 1. The zero-order valence-corrected chi connectivity index (χ0v) is 17.5. The van der Waals surface area contributed by atoms with Gasteiger partial charge < -0.3 is 15.3 Å². The summed E-state index contributed by atoms with van der Waals surface area (Å²) in [4.78, 5) is 19.2. The van der Waals surface area contributed by atoms with Crippen LogP contribution in [0.4, 0.5) is 0 Å². The van der Waals surface area contributed by atoms with Crippen molar-refractivity contribution in [1.29, 1.82) is 0 Å². The van der Waals surface area contributed by atoms with Crippen molar-refractivity contribution in [3.8, 4) is 0 Å². The van der Waals surface area contributed by atoms with Crippen LogP contribution in [-0.4, -0.2) is 52.7 Å². The van der Waals surface area contributed by atoms with Crippen molar-refractivity contribution >= 4 is 12.0 Å². The van der Waals surface area contributed by atoms with Crippen LogP contribution in [0.15, 0.2) is 54.7 Å². The fourth-order valence-electron chi connectivity index (χ4n) is 4.03. The molecule has 1 aliphatic heterocycles. The van der Waals surface area contributed by atoms with Gasteiger partial charge in [0.15, 0.2) is 0 Å². The molecule has 2 aromatic rings. The number of aliphatic hydroxyl groups is 1. The van der Waals surface area contributed by atoms with E-state index in [1.54, 1.807) is 12.3 Å². The zero-order chi connectivity index (χ0) is 20.8. The molecule has 1 fully saturated rings. The Morgan fingerprint density at radius 3 is 2.55 bits per heavy atom. The van der Waals surface area contributed by atoms with E-state index in [-0.39, 0.29) is 30.5 Å². The third-order valence-electron chi connectivity index (χ3n) is 5.35. The number of hydrogen-bond donors (Lipinski definition) is 2. The highest BCUT2D eigenvalue weighted by Gasteiger charge is 2.42. The number of carbonyl (C=O) groups is 1. The van der Waals surface area contributed by atoms with Crippen LogP contribution in [0.3, 0.4) is 0 Å². The number of rotatable bonds is 8. The van der Waals surface area contributed by atoms with Crippen LogP contribution < -0.4 is 5.32 Å². The lowest BCUT2D eigenvalue weighted by molar-refractivity contribution is 0.0599. The fourth-order valence-corrected chi connectivity index (χ4v) is 4.03. The second kappa shape index (κ2) is 9.81. The van der Waals surface area contributed by atoms with Gasteiger partial charge in [0.05, 0.1) is 6.61 Å². The molecule has 2 heterocycles. The standard InChI is InChI=1S/C24H31N3O2/c1-4-7-18-9-11-19(12-10-18)23-21(26-22(23)16-28)15-27(14-17(2)3)24(29)20-8-5-6-13-25-20/h4-13,17,21-23,26,28H,14-16H2,1-3H3/b7-4+/t21-,22-,23-/m0/s1. The Labute approximate surface area is 173 Å². The molecule has 2 N–H and O–H groups in total. The van der Waals surface area contributed by atoms with Crippen molar-refractivity contribution in [3.63, 3.8) is 0 Å². The predicted octanol–water partition coefficient (Wildman–Crippen LogP) is 3.33. The summed E-state index contributed by atoms with van der Waals surface area (Å²) in [5.74, 6) is 0.483. The van der Waals surface area contributed by atoms with Crippen LogP contribution in [0, 0.1) is 5.92 Å². The van der Waals surface area contributed by atoms with E-state index in [1.807, 2.05) is 30.0 Å². The van der Waals surface area contributed by atoms with Crippen LogP contribution in [-0.2, 0) is 0 Å². The first kappa shape index (κ1) is 21.2. The van der Waals surface area contributed by atoms with Crippen LogP contribution in [0.1, 0.15) is 48.3 Å². The number of aromatic nitrogens is 1. The lowest BCUT2D eigenvalue weighted by Crippen LogP contribution is -2.65. The SMILES string of the molecule is C/C=C/c1ccc([C@@H]2[C@H](CO)N[C@H]2CN(CC(C)C)C(=O)c2ccccn2)cc1. The van der Waals surface area contributed by atoms with Gasteiger partial charge in [0.2, 0.25) is 0 Å². The highest BCUT2D eigenvalue weighted by molar-refractivity contribution is 5.92. The molecule has 1 aromatic carbocycles. The summed E-state index contributed by atoms with van der Waals surface area (Å²) in [6.45, 7) is 7.57. The molecule has 1 amide bonds. The van der Waals surface area contributed by atoms with E-state index in [0.717, 1.165) is 5.56 Å². The lowest BCUT2D eigenvalue weighted by Gasteiger charge is -2.47. The number of nitrogens with one attached hydrogen (secondary N) is 1. The average Bonchev–Trinajstić information content (AvgIpc) is 2.71. The van der Waals surface area contributed by atoms with Crippen LogP contribution >= 0.6 is 0 Å². The minimum atomic E-state index is -0.0456. The normalized spacial score (nSPS) is 21.3. The van der Waals surface area contributed by atoms with Gasteiger partial charge in [-0.1, -0.05) is 56.3 Å². The van der Waals surface area contributed by atoms with Gasteiger partial charge in [-0.15, -0.1) is 0 Å². The summed E-state index contributed by atoms with van der Waals surface area (Å²) in [5, 5.41) is 13.2. The van der Waals surface area contributed by atoms with Crippen molar-refractivity contribution < 1.29 is 9.90 Å². The molecule has 0 aliphatic carbocycles. The van der Waals surface area contributed by atoms with E-state index in [2.05, 4.69) is 54.5 Å². The molecule has 3 atom stereocenters.